The van der Waals surface area contributed by atoms with Crippen molar-refractivity contribution in [3.05, 3.63) is 69.5 Å². The van der Waals surface area contributed by atoms with E-state index in [1.165, 1.54) is 11.3 Å². The van der Waals surface area contributed by atoms with Gasteiger partial charge in [-0.05, 0) is 17.7 Å². The molecule has 144 valence electrons. The van der Waals surface area contributed by atoms with Gasteiger partial charge in [-0.25, -0.2) is 4.98 Å². The van der Waals surface area contributed by atoms with Crippen molar-refractivity contribution in [3.8, 4) is 11.3 Å². The molecule has 1 aromatic heterocycles. The average molecular weight is 435 g/mol. The lowest BCUT2D eigenvalue weighted by Crippen LogP contribution is -2.14. The molecule has 1 amide bonds. The molecule has 0 aliphatic heterocycles. The number of esters is 1. The predicted octanol–water partition coefficient (Wildman–Crippen LogP) is 5.58. The number of halogens is 2. The highest BCUT2D eigenvalue weighted by Gasteiger charge is 2.11. The molecule has 0 spiro atoms. The number of hydrogen-bond donors (Lipinski definition) is 1. The summed E-state index contributed by atoms with van der Waals surface area (Å²) in [5, 5.41) is 5.90. The van der Waals surface area contributed by atoms with E-state index < -0.39 is 5.97 Å². The number of carbonyl (C=O) groups is 2. The maximum absolute atomic E-state index is 12.0. The molecule has 1 heterocycles. The van der Waals surface area contributed by atoms with Crippen molar-refractivity contribution < 1.29 is 14.3 Å². The molecule has 3 aromatic rings. The second-order valence-electron chi connectivity index (χ2n) is 5.86. The van der Waals surface area contributed by atoms with E-state index in [1.807, 2.05) is 35.7 Å². The quantitative estimate of drug-likeness (QED) is 0.492. The Kier molecular flexibility index (Phi) is 7.03. The SMILES string of the molecule is O=C(CCC(=O)OCc1ccc(Cl)c(Cl)c1)Nc1nc(-c2ccccc2)cs1. The summed E-state index contributed by atoms with van der Waals surface area (Å²) in [5.74, 6) is -0.759. The zero-order valence-electron chi connectivity index (χ0n) is 14.7. The molecule has 2 aromatic carbocycles. The summed E-state index contributed by atoms with van der Waals surface area (Å²) in [6, 6.07) is 14.7. The number of ether oxygens (including phenoxy) is 1. The minimum absolute atomic E-state index is 0.0143. The van der Waals surface area contributed by atoms with Crippen molar-refractivity contribution in [2.45, 2.75) is 19.4 Å². The van der Waals surface area contributed by atoms with Gasteiger partial charge in [-0.3, -0.25) is 9.59 Å². The molecule has 3 rings (SSSR count). The fourth-order valence-electron chi connectivity index (χ4n) is 2.34. The van der Waals surface area contributed by atoms with Crippen LogP contribution in [0.5, 0.6) is 0 Å². The summed E-state index contributed by atoms with van der Waals surface area (Å²) in [6.45, 7) is 0.0737. The fraction of sp³-hybridized carbons (Fsp3) is 0.150. The fourth-order valence-corrected chi connectivity index (χ4v) is 3.39. The highest BCUT2D eigenvalue weighted by atomic mass is 35.5. The third kappa shape index (κ3) is 5.79. The first-order valence-corrected chi connectivity index (χ1v) is 10.0. The van der Waals surface area contributed by atoms with Gasteiger partial charge in [-0.15, -0.1) is 11.3 Å². The summed E-state index contributed by atoms with van der Waals surface area (Å²) in [7, 11) is 0. The van der Waals surface area contributed by atoms with Crippen LogP contribution < -0.4 is 5.32 Å². The van der Waals surface area contributed by atoms with Gasteiger partial charge in [0.15, 0.2) is 5.13 Å². The van der Waals surface area contributed by atoms with Crippen molar-refractivity contribution >= 4 is 51.5 Å². The lowest BCUT2D eigenvalue weighted by Gasteiger charge is -2.06. The number of nitrogens with zero attached hydrogens (tertiary/aromatic N) is 1. The second kappa shape index (κ2) is 9.68. The number of anilines is 1. The van der Waals surface area contributed by atoms with E-state index in [1.54, 1.807) is 18.2 Å². The van der Waals surface area contributed by atoms with E-state index in [2.05, 4.69) is 10.3 Å². The Hall–Kier alpha value is -2.41. The van der Waals surface area contributed by atoms with E-state index in [-0.39, 0.29) is 25.4 Å². The van der Waals surface area contributed by atoms with E-state index in [9.17, 15) is 9.59 Å². The molecule has 0 bridgehead atoms. The Bertz CT molecular complexity index is 977. The lowest BCUT2D eigenvalue weighted by atomic mass is 10.2. The molecule has 0 aliphatic carbocycles. The topological polar surface area (TPSA) is 68.3 Å². The molecule has 5 nitrogen and oxygen atoms in total. The first-order chi connectivity index (χ1) is 13.5. The Morgan fingerprint density at radius 1 is 1.04 bits per heavy atom. The van der Waals surface area contributed by atoms with Gasteiger partial charge in [0.25, 0.3) is 0 Å². The van der Waals surface area contributed by atoms with Crippen LogP contribution in [-0.2, 0) is 20.9 Å². The number of amides is 1. The number of nitrogens with one attached hydrogen (secondary N) is 1. The molecular formula is C20H16Cl2N2O3S. The average Bonchev–Trinajstić information content (AvgIpc) is 3.16. The monoisotopic (exact) mass is 434 g/mol. The highest BCUT2D eigenvalue weighted by molar-refractivity contribution is 7.14. The van der Waals surface area contributed by atoms with E-state index in [0.717, 1.165) is 16.8 Å². The van der Waals surface area contributed by atoms with Crippen molar-refractivity contribution in [2.24, 2.45) is 0 Å². The van der Waals surface area contributed by atoms with Crippen LogP contribution in [0.1, 0.15) is 18.4 Å². The van der Waals surface area contributed by atoms with Crippen molar-refractivity contribution in [2.75, 3.05) is 5.32 Å². The highest BCUT2D eigenvalue weighted by Crippen LogP contribution is 2.25. The third-order valence-corrected chi connectivity index (χ3v) is 5.26. The van der Waals surface area contributed by atoms with E-state index >= 15 is 0 Å². The largest absolute Gasteiger partial charge is 0.461 e. The number of hydrogen-bond acceptors (Lipinski definition) is 5. The zero-order chi connectivity index (χ0) is 19.9. The first-order valence-electron chi connectivity index (χ1n) is 8.41. The smallest absolute Gasteiger partial charge is 0.306 e. The van der Waals surface area contributed by atoms with Crippen molar-refractivity contribution in [3.63, 3.8) is 0 Å². The van der Waals surface area contributed by atoms with Gasteiger partial charge in [0.1, 0.15) is 6.61 Å². The zero-order valence-corrected chi connectivity index (χ0v) is 17.0. The summed E-state index contributed by atoms with van der Waals surface area (Å²) >= 11 is 13.1. The standard InChI is InChI=1S/C20H16Cl2N2O3S/c21-15-7-6-13(10-16(15)22)11-27-19(26)9-8-18(25)24-20-23-17(12-28-20)14-4-2-1-3-5-14/h1-7,10,12H,8-9,11H2,(H,23,24,25). The number of rotatable bonds is 7. The Labute approximate surface area is 176 Å². The van der Waals surface area contributed by atoms with E-state index in [0.29, 0.717) is 15.2 Å². The molecule has 0 saturated heterocycles. The number of carbonyl (C=O) groups excluding carboxylic acids is 2. The molecule has 0 aliphatic rings. The predicted molar refractivity (Wildman–Crippen MR) is 112 cm³/mol. The molecule has 8 heteroatoms. The second-order valence-corrected chi connectivity index (χ2v) is 7.53. The van der Waals surface area contributed by atoms with Crippen LogP contribution in [0.15, 0.2) is 53.9 Å². The van der Waals surface area contributed by atoms with Gasteiger partial charge in [0.05, 0.1) is 22.2 Å². The minimum Gasteiger partial charge on any atom is -0.461 e. The summed E-state index contributed by atoms with van der Waals surface area (Å²) < 4.78 is 5.15. The van der Waals surface area contributed by atoms with Gasteiger partial charge in [0, 0.05) is 17.4 Å². The molecular weight excluding hydrogens is 419 g/mol. The summed E-state index contributed by atoms with van der Waals surface area (Å²) in [4.78, 5) is 28.3. The number of thiazole rings is 1. The van der Waals surface area contributed by atoms with Crippen LogP contribution >= 0.6 is 34.5 Å². The summed E-state index contributed by atoms with van der Waals surface area (Å²) in [6.07, 6.45) is -0.00939. The molecule has 0 unspecified atom stereocenters. The maximum atomic E-state index is 12.0. The first kappa shape index (κ1) is 20.3. The number of benzene rings is 2. The third-order valence-electron chi connectivity index (χ3n) is 3.76. The van der Waals surface area contributed by atoms with Crippen LogP contribution in [0.2, 0.25) is 10.0 Å². The van der Waals surface area contributed by atoms with Gasteiger partial charge < -0.3 is 10.1 Å². The van der Waals surface area contributed by atoms with E-state index in [4.69, 9.17) is 27.9 Å². The van der Waals surface area contributed by atoms with Crippen LogP contribution in [-0.4, -0.2) is 16.9 Å². The van der Waals surface area contributed by atoms with Crippen LogP contribution in [0.25, 0.3) is 11.3 Å². The van der Waals surface area contributed by atoms with Crippen molar-refractivity contribution in [1.82, 2.24) is 4.98 Å². The molecule has 0 atom stereocenters. The Balaban J connectivity index is 1.43. The van der Waals surface area contributed by atoms with Gasteiger partial charge in [0.2, 0.25) is 5.91 Å². The molecule has 0 saturated carbocycles. The molecule has 0 fully saturated rings. The minimum atomic E-state index is -0.467. The Morgan fingerprint density at radius 3 is 2.57 bits per heavy atom. The molecule has 0 radical (unpaired) electrons. The van der Waals surface area contributed by atoms with Crippen LogP contribution in [0, 0.1) is 0 Å². The van der Waals surface area contributed by atoms with Crippen LogP contribution in [0.4, 0.5) is 5.13 Å². The summed E-state index contributed by atoms with van der Waals surface area (Å²) in [5.41, 5.74) is 2.50. The van der Waals surface area contributed by atoms with Crippen LogP contribution in [0.3, 0.4) is 0 Å². The normalized spacial score (nSPS) is 10.5. The lowest BCUT2D eigenvalue weighted by molar-refractivity contribution is -0.145. The van der Waals surface area contributed by atoms with Gasteiger partial charge in [-0.2, -0.15) is 0 Å². The van der Waals surface area contributed by atoms with Crippen molar-refractivity contribution in [1.29, 1.82) is 0 Å². The van der Waals surface area contributed by atoms with Gasteiger partial charge >= 0.3 is 5.97 Å². The molecule has 28 heavy (non-hydrogen) atoms. The van der Waals surface area contributed by atoms with Gasteiger partial charge in [-0.1, -0.05) is 59.6 Å². The number of aromatic nitrogens is 1. The Morgan fingerprint density at radius 2 is 1.82 bits per heavy atom. The molecule has 1 N–H and O–H groups in total. The maximum Gasteiger partial charge on any atom is 0.306 e.